The molecule has 0 saturated heterocycles. The molecule has 2 aromatic carbocycles. The Balaban J connectivity index is 1.69. The molecular formula is C20H25FN4O. The van der Waals surface area contributed by atoms with Crippen molar-refractivity contribution in [2.75, 3.05) is 20.1 Å². The smallest absolute Gasteiger partial charge is 0.224 e. The van der Waals surface area contributed by atoms with E-state index in [0.29, 0.717) is 24.6 Å². The van der Waals surface area contributed by atoms with E-state index in [1.807, 2.05) is 18.2 Å². The van der Waals surface area contributed by atoms with E-state index in [2.05, 4.69) is 40.0 Å². The summed E-state index contributed by atoms with van der Waals surface area (Å²) in [6.07, 6.45) is 0.162. The van der Waals surface area contributed by atoms with Crippen LogP contribution in [-0.2, 0) is 11.2 Å². The Morgan fingerprint density at radius 2 is 1.81 bits per heavy atom. The molecule has 1 amide bonds. The molecule has 0 aliphatic heterocycles. The standard InChI is InChI=1S/C20H25FN4O/c1-15(17-8-4-3-5-9-17)25-20(22-2)24-12-11-23-19(26)14-16-7-6-10-18(21)13-16/h3-10,13,15H,11-12,14H2,1-2H3,(H,23,26)(H2,22,24,25). The zero-order valence-corrected chi connectivity index (χ0v) is 15.1. The zero-order valence-electron chi connectivity index (χ0n) is 15.1. The van der Waals surface area contributed by atoms with Gasteiger partial charge in [0.25, 0.3) is 0 Å². The summed E-state index contributed by atoms with van der Waals surface area (Å²) in [4.78, 5) is 16.1. The Morgan fingerprint density at radius 1 is 1.08 bits per heavy atom. The van der Waals surface area contributed by atoms with Crippen molar-refractivity contribution >= 4 is 11.9 Å². The SMILES string of the molecule is CN=C(NCCNC(=O)Cc1cccc(F)c1)NC(C)c1ccccc1. The molecule has 0 fully saturated rings. The maximum Gasteiger partial charge on any atom is 0.224 e. The van der Waals surface area contributed by atoms with Gasteiger partial charge in [0.1, 0.15) is 5.82 Å². The van der Waals surface area contributed by atoms with Gasteiger partial charge < -0.3 is 16.0 Å². The number of rotatable bonds is 7. The van der Waals surface area contributed by atoms with E-state index >= 15 is 0 Å². The molecule has 6 heteroatoms. The van der Waals surface area contributed by atoms with Crippen molar-refractivity contribution in [2.45, 2.75) is 19.4 Å². The second-order valence-electron chi connectivity index (χ2n) is 5.93. The molecule has 26 heavy (non-hydrogen) atoms. The highest BCUT2D eigenvalue weighted by Crippen LogP contribution is 2.10. The first kappa shape index (κ1) is 19.4. The number of nitrogens with one attached hydrogen (secondary N) is 3. The van der Waals surface area contributed by atoms with E-state index in [1.165, 1.54) is 17.7 Å². The van der Waals surface area contributed by atoms with Crippen LogP contribution in [0.15, 0.2) is 59.6 Å². The van der Waals surface area contributed by atoms with Gasteiger partial charge in [-0.1, -0.05) is 42.5 Å². The lowest BCUT2D eigenvalue weighted by Gasteiger charge is -2.18. The Bertz CT molecular complexity index is 734. The quantitative estimate of drug-likeness (QED) is 0.405. The van der Waals surface area contributed by atoms with Gasteiger partial charge >= 0.3 is 0 Å². The van der Waals surface area contributed by atoms with Crippen LogP contribution in [0.5, 0.6) is 0 Å². The first-order chi connectivity index (χ1) is 12.6. The van der Waals surface area contributed by atoms with Crippen LogP contribution in [0.2, 0.25) is 0 Å². The molecule has 0 saturated carbocycles. The number of carbonyl (C=O) groups excluding carboxylic acids is 1. The number of guanidine groups is 1. The molecule has 0 radical (unpaired) electrons. The van der Waals surface area contributed by atoms with Crippen molar-refractivity contribution < 1.29 is 9.18 Å². The Morgan fingerprint density at radius 3 is 2.50 bits per heavy atom. The van der Waals surface area contributed by atoms with Crippen LogP contribution >= 0.6 is 0 Å². The number of carbonyl (C=O) groups is 1. The molecule has 0 aliphatic rings. The number of hydrogen-bond acceptors (Lipinski definition) is 2. The average molecular weight is 356 g/mol. The minimum Gasteiger partial charge on any atom is -0.355 e. The van der Waals surface area contributed by atoms with Crippen LogP contribution in [-0.4, -0.2) is 32.0 Å². The molecule has 1 unspecified atom stereocenters. The molecule has 3 N–H and O–H groups in total. The Hall–Kier alpha value is -2.89. The van der Waals surface area contributed by atoms with Gasteiger partial charge in [-0.2, -0.15) is 0 Å². The Kier molecular flexibility index (Phi) is 7.61. The lowest BCUT2D eigenvalue weighted by Crippen LogP contribution is -2.42. The molecule has 2 aromatic rings. The zero-order chi connectivity index (χ0) is 18.8. The van der Waals surface area contributed by atoms with Crippen LogP contribution in [0.3, 0.4) is 0 Å². The number of halogens is 1. The van der Waals surface area contributed by atoms with Crippen molar-refractivity contribution in [3.05, 3.63) is 71.5 Å². The number of aliphatic imine (C=N–C) groups is 1. The largest absolute Gasteiger partial charge is 0.355 e. The van der Waals surface area contributed by atoms with Gasteiger partial charge in [0.2, 0.25) is 5.91 Å². The fourth-order valence-corrected chi connectivity index (χ4v) is 2.50. The maximum atomic E-state index is 13.1. The van der Waals surface area contributed by atoms with Crippen molar-refractivity contribution in [1.82, 2.24) is 16.0 Å². The summed E-state index contributed by atoms with van der Waals surface area (Å²) in [7, 11) is 1.70. The first-order valence-electron chi connectivity index (χ1n) is 8.61. The topological polar surface area (TPSA) is 65.5 Å². The normalized spacial score (nSPS) is 12.3. The van der Waals surface area contributed by atoms with E-state index in [1.54, 1.807) is 19.2 Å². The van der Waals surface area contributed by atoms with Gasteiger partial charge in [-0.3, -0.25) is 9.79 Å². The summed E-state index contributed by atoms with van der Waals surface area (Å²) in [6, 6.07) is 16.3. The highest BCUT2D eigenvalue weighted by atomic mass is 19.1. The summed E-state index contributed by atoms with van der Waals surface area (Å²) >= 11 is 0. The van der Waals surface area contributed by atoms with Crippen LogP contribution in [0.25, 0.3) is 0 Å². The predicted octanol–water partition coefficient (Wildman–Crippen LogP) is 2.41. The number of nitrogens with zero attached hydrogens (tertiary/aromatic N) is 1. The third-order valence-electron chi connectivity index (χ3n) is 3.87. The van der Waals surface area contributed by atoms with Crippen molar-refractivity contribution in [1.29, 1.82) is 0 Å². The highest BCUT2D eigenvalue weighted by Gasteiger charge is 2.07. The fourth-order valence-electron chi connectivity index (χ4n) is 2.50. The van der Waals surface area contributed by atoms with Crippen LogP contribution in [0, 0.1) is 5.82 Å². The molecule has 0 spiro atoms. The Labute approximate surface area is 153 Å². The molecule has 138 valence electrons. The molecule has 0 aliphatic carbocycles. The third-order valence-corrected chi connectivity index (χ3v) is 3.87. The summed E-state index contributed by atoms with van der Waals surface area (Å²) in [5.74, 6) is 0.193. The molecule has 0 aromatic heterocycles. The van der Waals surface area contributed by atoms with Gasteiger partial charge in [0, 0.05) is 20.1 Å². The summed E-state index contributed by atoms with van der Waals surface area (Å²) in [5, 5.41) is 9.27. The average Bonchev–Trinajstić information content (AvgIpc) is 2.64. The third kappa shape index (κ3) is 6.55. The fraction of sp³-hybridized carbons (Fsp3) is 0.300. The molecule has 0 bridgehead atoms. The molecular weight excluding hydrogens is 331 g/mol. The molecule has 5 nitrogen and oxygen atoms in total. The van der Waals surface area contributed by atoms with Crippen LogP contribution in [0.1, 0.15) is 24.1 Å². The lowest BCUT2D eigenvalue weighted by atomic mass is 10.1. The van der Waals surface area contributed by atoms with Gasteiger partial charge in [-0.25, -0.2) is 4.39 Å². The second kappa shape index (κ2) is 10.2. The molecule has 2 rings (SSSR count). The minimum atomic E-state index is -0.334. The number of hydrogen-bond donors (Lipinski definition) is 3. The lowest BCUT2D eigenvalue weighted by molar-refractivity contribution is -0.120. The van der Waals surface area contributed by atoms with E-state index in [0.717, 1.165) is 0 Å². The van der Waals surface area contributed by atoms with Gasteiger partial charge in [-0.05, 0) is 30.2 Å². The molecule has 0 heterocycles. The van der Waals surface area contributed by atoms with Gasteiger partial charge in [0.15, 0.2) is 5.96 Å². The second-order valence-corrected chi connectivity index (χ2v) is 5.93. The number of benzene rings is 2. The summed E-state index contributed by atoms with van der Waals surface area (Å²) in [5.41, 5.74) is 1.82. The van der Waals surface area contributed by atoms with Crippen LogP contribution in [0.4, 0.5) is 4.39 Å². The van der Waals surface area contributed by atoms with Crippen molar-refractivity contribution in [3.63, 3.8) is 0 Å². The maximum absolute atomic E-state index is 13.1. The highest BCUT2D eigenvalue weighted by molar-refractivity contribution is 5.80. The van der Waals surface area contributed by atoms with Gasteiger partial charge in [0.05, 0.1) is 12.5 Å². The van der Waals surface area contributed by atoms with E-state index in [-0.39, 0.29) is 24.2 Å². The van der Waals surface area contributed by atoms with E-state index in [4.69, 9.17) is 0 Å². The van der Waals surface area contributed by atoms with Crippen molar-refractivity contribution in [3.8, 4) is 0 Å². The molecule has 1 atom stereocenters. The summed E-state index contributed by atoms with van der Waals surface area (Å²) in [6.45, 7) is 3.05. The van der Waals surface area contributed by atoms with Crippen molar-refractivity contribution in [2.24, 2.45) is 4.99 Å². The van der Waals surface area contributed by atoms with Gasteiger partial charge in [-0.15, -0.1) is 0 Å². The van der Waals surface area contributed by atoms with Crippen LogP contribution < -0.4 is 16.0 Å². The first-order valence-corrected chi connectivity index (χ1v) is 8.61. The monoisotopic (exact) mass is 356 g/mol. The minimum absolute atomic E-state index is 0.116. The number of amides is 1. The van der Waals surface area contributed by atoms with E-state index < -0.39 is 0 Å². The predicted molar refractivity (Wildman–Crippen MR) is 102 cm³/mol. The summed E-state index contributed by atoms with van der Waals surface area (Å²) < 4.78 is 13.1. The van der Waals surface area contributed by atoms with E-state index in [9.17, 15) is 9.18 Å².